The number of likely N-dealkylation sites (N-methyl/N-ethyl adjacent to an activating group) is 1. The highest BCUT2D eigenvalue weighted by molar-refractivity contribution is 6.38. The second-order valence-corrected chi connectivity index (χ2v) is 9.90. The number of benzene rings is 3. The summed E-state index contributed by atoms with van der Waals surface area (Å²) in [6.07, 6.45) is 0. The highest BCUT2D eigenvalue weighted by Gasteiger charge is 2.29. The van der Waals surface area contributed by atoms with E-state index in [0.29, 0.717) is 34.3 Å². The number of hydrogen-bond donors (Lipinski definition) is 2. The maximum Gasteiger partial charge on any atom is 0.258 e. The lowest BCUT2D eigenvalue weighted by molar-refractivity contribution is -0.194. The molecule has 0 aliphatic carbocycles. The fourth-order valence-corrected chi connectivity index (χ4v) is 5.01. The number of nitrogens with zero attached hydrogens (tertiary/aromatic N) is 2. The van der Waals surface area contributed by atoms with E-state index in [4.69, 9.17) is 21.4 Å². The molecule has 184 valence electrons. The first-order chi connectivity index (χ1) is 17.5. The normalized spacial score (nSPS) is 18.9. The van der Waals surface area contributed by atoms with Gasteiger partial charge in [0.2, 0.25) is 0 Å². The van der Waals surface area contributed by atoms with E-state index in [9.17, 15) is 4.79 Å². The Labute approximate surface area is 215 Å². The predicted octanol–water partition coefficient (Wildman–Crippen LogP) is 4.84. The summed E-state index contributed by atoms with van der Waals surface area (Å²) in [4.78, 5) is 28.5. The molecule has 0 aromatic heterocycles. The fraction of sp³-hybridized carbons (Fsp3) is 0.250. The van der Waals surface area contributed by atoms with Crippen molar-refractivity contribution >= 4 is 40.2 Å². The first kappa shape index (κ1) is 23.1. The van der Waals surface area contributed by atoms with Gasteiger partial charge < -0.3 is 20.4 Å². The number of hydrogen-bond acceptors (Lipinski definition) is 6. The Morgan fingerprint density at radius 1 is 1.03 bits per heavy atom. The number of fused-ring (bicyclic) bond motifs is 2. The molecule has 36 heavy (non-hydrogen) atoms. The molecule has 6 rings (SSSR count). The standard InChI is InChI=1S/C28H27ClN4O3/c1-32-10-12-33(13-11-32)16-18-2-7-22(8-3-18)30-27(19-4-5-20-17-35-36-25(20)14-19)26-23-9-6-21(29)15-24(23)31-28(26)34/h2-9,14-15,30H,10-13,16-17H2,1H3,(H,31,34)/b27-26-. The molecule has 0 atom stereocenters. The number of carbonyl (C=O) groups excluding carboxylic acids is 1. The van der Waals surface area contributed by atoms with Crippen LogP contribution in [0.4, 0.5) is 11.4 Å². The van der Waals surface area contributed by atoms with Crippen LogP contribution in [0.15, 0.2) is 60.7 Å². The Kier molecular flexibility index (Phi) is 6.15. The summed E-state index contributed by atoms with van der Waals surface area (Å²) >= 11 is 6.18. The van der Waals surface area contributed by atoms with Gasteiger partial charge in [-0.2, -0.15) is 4.89 Å². The molecule has 3 aromatic rings. The summed E-state index contributed by atoms with van der Waals surface area (Å²) in [6, 6.07) is 19.7. The Morgan fingerprint density at radius 3 is 2.64 bits per heavy atom. The van der Waals surface area contributed by atoms with Gasteiger partial charge >= 0.3 is 0 Å². The van der Waals surface area contributed by atoms with Gasteiger partial charge in [-0.25, -0.2) is 0 Å². The number of anilines is 2. The van der Waals surface area contributed by atoms with Crippen LogP contribution in [0.3, 0.4) is 0 Å². The molecule has 7 nitrogen and oxygen atoms in total. The fourth-order valence-electron chi connectivity index (χ4n) is 4.84. The van der Waals surface area contributed by atoms with Crippen LogP contribution in [0, 0.1) is 0 Å². The number of rotatable bonds is 5. The minimum Gasteiger partial charge on any atom is -0.354 e. The number of carbonyl (C=O) groups is 1. The smallest absolute Gasteiger partial charge is 0.258 e. The van der Waals surface area contributed by atoms with Gasteiger partial charge in [0.05, 0.1) is 17.0 Å². The summed E-state index contributed by atoms with van der Waals surface area (Å²) in [5, 5.41) is 7.04. The second-order valence-electron chi connectivity index (χ2n) is 9.46. The van der Waals surface area contributed by atoms with E-state index in [-0.39, 0.29) is 5.91 Å². The second kappa shape index (κ2) is 9.59. The molecule has 3 aliphatic rings. The largest absolute Gasteiger partial charge is 0.354 e. The van der Waals surface area contributed by atoms with Crippen LogP contribution >= 0.6 is 11.6 Å². The van der Waals surface area contributed by atoms with E-state index in [1.807, 2.05) is 24.3 Å². The van der Waals surface area contributed by atoms with Crippen molar-refractivity contribution < 1.29 is 14.6 Å². The average Bonchev–Trinajstić information content (AvgIpc) is 3.47. The van der Waals surface area contributed by atoms with Gasteiger partial charge in [-0.1, -0.05) is 41.9 Å². The first-order valence-corrected chi connectivity index (χ1v) is 12.5. The van der Waals surface area contributed by atoms with Crippen molar-refractivity contribution in [3.8, 4) is 5.75 Å². The van der Waals surface area contributed by atoms with Gasteiger partial charge in [0, 0.05) is 60.1 Å². The minimum atomic E-state index is -0.181. The van der Waals surface area contributed by atoms with Gasteiger partial charge in [-0.3, -0.25) is 9.69 Å². The lowest BCUT2D eigenvalue weighted by Gasteiger charge is -2.32. The lowest BCUT2D eigenvalue weighted by Crippen LogP contribution is -2.43. The van der Waals surface area contributed by atoms with Crippen LogP contribution in [0.5, 0.6) is 5.75 Å². The van der Waals surface area contributed by atoms with Crippen LogP contribution in [-0.2, 0) is 22.8 Å². The molecule has 2 N–H and O–H groups in total. The molecule has 1 amide bonds. The summed E-state index contributed by atoms with van der Waals surface area (Å²) in [6.45, 7) is 5.69. The maximum atomic E-state index is 13.2. The number of piperazine rings is 1. The van der Waals surface area contributed by atoms with Gasteiger partial charge in [0.15, 0.2) is 5.75 Å². The Morgan fingerprint density at radius 2 is 1.83 bits per heavy atom. The molecule has 3 heterocycles. The predicted molar refractivity (Wildman–Crippen MR) is 142 cm³/mol. The van der Waals surface area contributed by atoms with E-state index in [1.54, 1.807) is 12.1 Å². The molecule has 0 bridgehead atoms. The van der Waals surface area contributed by atoms with Crippen LogP contribution in [0.1, 0.15) is 22.3 Å². The zero-order valence-corrected chi connectivity index (χ0v) is 20.8. The molecule has 1 saturated heterocycles. The minimum absolute atomic E-state index is 0.181. The molecule has 0 radical (unpaired) electrons. The van der Waals surface area contributed by atoms with E-state index < -0.39 is 0 Å². The van der Waals surface area contributed by atoms with E-state index in [2.05, 4.69) is 51.7 Å². The summed E-state index contributed by atoms with van der Waals surface area (Å²) in [5.74, 6) is 0.476. The van der Waals surface area contributed by atoms with Crippen molar-refractivity contribution in [2.24, 2.45) is 0 Å². The van der Waals surface area contributed by atoms with E-state index >= 15 is 0 Å². The molecule has 1 fully saturated rings. The van der Waals surface area contributed by atoms with Crippen molar-refractivity contribution in [2.45, 2.75) is 13.2 Å². The van der Waals surface area contributed by atoms with Gasteiger partial charge in [0.1, 0.15) is 6.61 Å². The molecule has 0 saturated carbocycles. The third kappa shape index (κ3) is 4.58. The van der Waals surface area contributed by atoms with Crippen LogP contribution in [0.2, 0.25) is 5.02 Å². The van der Waals surface area contributed by atoms with Crippen molar-refractivity contribution in [3.05, 3.63) is 87.9 Å². The first-order valence-electron chi connectivity index (χ1n) is 12.1. The van der Waals surface area contributed by atoms with Crippen LogP contribution in [0.25, 0.3) is 11.3 Å². The van der Waals surface area contributed by atoms with Crippen LogP contribution < -0.4 is 15.5 Å². The summed E-state index contributed by atoms with van der Waals surface area (Å²) in [7, 11) is 2.17. The molecular weight excluding hydrogens is 476 g/mol. The SMILES string of the molecule is CN1CCN(Cc2ccc(N/C(=C3\C(=O)Nc4cc(Cl)ccc43)c3ccc4c(c3)OOC4)cc2)CC1. The molecule has 3 aliphatic heterocycles. The monoisotopic (exact) mass is 502 g/mol. The zero-order valence-electron chi connectivity index (χ0n) is 20.0. The van der Waals surface area contributed by atoms with Crippen molar-refractivity contribution in [3.63, 3.8) is 0 Å². The quantitative estimate of drug-likeness (QED) is 0.384. The van der Waals surface area contributed by atoms with Gasteiger partial charge in [-0.05, 0) is 42.9 Å². The Balaban J connectivity index is 1.33. The topological polar surface area (TPSA) is 66.1 Å². The molecule has 0 spiro atoms. The third-order valence-electron chi connectivity index (χ3n) is 6.92. The molecule has 8 heteroatoms. The highest BCUT2D eigenvalue weighted by atomic mass is 35.5. The molecule has 0 unspecified atom stereocenters. The number of nitrogens with one attached hydrogen (secondary N) is 2. The maximum absolute atomic E-state index is 13.2. The summed E-state index contributed by atoms with van der Waals surface area (Å²) < 4.78 is 0. The zero-order chi connectivity index (χ0) is 24.6. The van der Waals surface area contributed by atoms with Crippen molar-refractivity contribution in [2.75, 3.05) is 43.9 Å². The van der Waals surface area contributed by atoms with Gasteiger partial charge in [-0.15, -0.1) is 0 Å². The van der Waals surface area contributed by atoms with Crippen LogP contribution in [-0.4, -0.2) is 48.9 Å². The van der Waals surface area contributed by atoms with Gasteiger partial charge in [0.25, 0.3) is 5.91 Å². The van der Waals surface area contributed by atoms with E-state index in [1.165, 1.54) is 5.56 Å². The highest BCUT2D eigenvalue weighted by Crippen LogP contribution is 2.40. The summed E-state index contributed by atoms with van der Waals surface area (Å²) in [5.41, 5.74) is 6.71. The van der Waals surface area contributed by atoms with Crippen molar-refractivity contribution in [1.29, 1.82) is 0 Å². The third-order valence-corrected chi connectivity index (χ3v) is 7.16. The lowest BCUT2D eigenvalue weighted by atomic mass is 9.99. The Hall–Kier alpha value is -3.36. The number of amides is 1. The molecular formula is C28H27ClN4O3. The van der Waals surface area contributed by atoms with E-state index in [0.717, 1.165) is 55.1 Å². The molecule has 3 aromatic carbocycles. The Bertz CT molecular complexity index is 1350. The van der Waals surface area contributed by atoms with Crippen molar-refractivity contribution in [1.82, 2.24) is 9.80 Å². The average molecular weight is 503 g/mol. The number of halogens is 1.